The van der Waals surface area contributed by atoms with E-state index in [0.29, 0.717) is 17.3 Å². The smallest absolute Gasteiger partial charge is 0.322 e. The number of hydrogen-bond donors (Lipinski definition) is 2. The van der Waals surface area contributed by atoms with Crippen LogP contribution in [0.3, 0.4) is 0 Å². The summed E-state index contributed by atoms with van der Waals surface area (Å²) in [6.07, 6.45) is 0. The van der Waals surface area contributed by atoms with E-state index in [0.717, 1.165) is 11.1 Å². The van der Waals surface area contributed by atoms with E-state index in [2.05, 4.69) is 20.8 Å². The molecule has 3 amide bonds. The van der Waals surface area contributed by atoms with Crippen molar-refractivity contribution in [2.45, 2.75) is 12.5 Å². The number of carbonyl (C=O) groups is 2. The minimum absolute atomic E-state index is 0.375. The van der Waals surface area contributed by atoms with Gasteiger partial charge in [-0.25, -0.2) is 4.79 Å². The molecule has 0 unspecified atom stereocenters. The fourth-order valence-corrected chi connectivity index (χ4v) is 3.17. The summed E-state index contributed by atoms with van der Waals surface area (Å²) < 4.78 is 5.27. The largest absolute Gasteiger partial charge is 0.334 e. The summed E-state index contributed by atoms with van der Waals surface area (Å²) in [7, 11) is 0. The molecular formula is C16H12N4O3S. The van der Waals surface area contributed by atoms with Crippen molar-refractivity contribution in [1.29, 1.82) is 0 Å². The predicted octanol–water partition coefficient (Wildman–Crippen LogP) is 2.52. The maximum Gasteiger partial charge on any atom is 0.322 e. The van der Waals surface area contributed by atoms with Crippen molar-refractivity contribution in [3.05, 3.63) is 46.7 Å². The molecule has 0 spiro atoms. The Morgan fingerprint density at radius 2 is 1.92 bits per heavy atom. The van der Waals surface area contributed by atoms with Crippen LogP contribution in [0, 0.1) is 0 Å². The van der Waals surface area contributed by atoms with Gasteiger partial charge in [-0.15, -0.1) is 0 Å². The fourth-order valence-electron chi connectivity index (χ4n) is 2.54. The van der Waals surface area contributed by atoms with Gasteiger partial charge in [-0.05, 0) is 23.9 Å². The van der Waals surface area contributed by atoms with Gasteiger partial charge in [-0.3, -0.25) is 10.1 Å². The van der Waals surface area contributed by atoms with Gasteiger partial charge in [-0.1, -0.05) is 29.4 Å². The number of hydrogen-bond acceptors (Lipinski definition) is 6. The van der Waals surface area contributed by atoms with Crippen LogP contribution in [0.2, 0.25) is 0 Å². The molecule has 1 aliphatic heterocycles. The van der Waals surface area contributed by atoms with Crippen LogP contribution in [-0.2, 0) is 10.3 Å². The molecule has 0 saturated carbocycles. The molecule has 1 aliphatic rings. The summed E-state index contributed by atoms with van der Waals surface area (Å²) in [5, 5.41) is 12.7. The molecule has 1 fully saturated rings. The average molecular weight is 340 g/mol. The van der Waals surface area contributed by atoms with E-state index in [4.69, 9.17) is 4.52 Å². The second-order valence-electron chi connectivity index (χ2n) is 5.55. The van der Waals surface area contributed by atoms with Crippen molar-refractivity contribution in [3.8, 4) is 22.8 Å². The molecule has 120 valence electrons. The molecule has 3 heterocycles. The molecule has 0 radical (unpaired) electrons. The highest BCUT2D eigenvalue weighted by Crippen LogP contribution is 2.28. The highest BCUT2D eigenvalue weighted by molar-refractivity contribution is 7.08. The maximum absolute atomic E-state index is 12.0. The van der Waals surface area contributed by atoms with Crippen LogP contribution in [0.5, 0.6) is 0 Å². The minimum atomic E-state index is -1.07. The Labute approximate surface area is 140 Å². The first-order valence-electron chi connectivity index (χ1n) is 7.17. The number of aromatic nitrogens is 2. The van der Waals surface area contributed by atoms with Crippen molar-refractivity contribution >= 4 is 23.3 Å². The number of thiophene rings is 1. The number of carbonyl (C=O) groups excluding carboxylic acids is 2. The third-order valence-electron chi connectivity index (χ3n) is 3.96. The van der Waals surface area contributed by atoms with Gasteiger partial charge < -0.3 is 9.84 Å². The standard InChI is InChI=1S/C16H12N4O3S/c1-16(14(21)18-15(22)19-16)11-4-2-9(3-5-11)12-17-13(23-20-12)10-6-7-24-8-10/h2-8H,1H3,(H2,18,19,21,22)/t16-/m0/s1. The van der Waals surface area contributed by atoms with Crippen molar-refractivity contribution in [2.24, 2.45) is 0 Å². The Morgan fingerprint density at radius 1 is 1.12 bits per heavy atom. The van der Waals surface area contributed by atoms with Crippen LogP contribution in [0.1, 0.15) is 12.5 Å². The average Bonchev–Trinajstić information content (AvgIpc) is 3.29. The summed E-state index contributed by atoms with van der Waals surface area (Å²) in [5.74, 6) is 0.553. The van der Waals surface area contributed by atoms with Gasteiger partial charge in [-0.2, -0.15) is 16.3 Å². The molecule has 3 aromatic rings. The highest BCUT2D eigenvalue weighted by Gasteiger charge is 2.43. The summed E-state index contributed by atoms with van der Waals surface area (Å²) >= 11 is 1.56. The Bertz CT molecular complexity index is 917. The first-order chi connectivity index (χ1) is 11.6. The summed E-state index contributed by atoms with van der Waals surface area (Å²) in [6, 6.07) is 8.53. The highest BCUT2D eigenvalue weighted by atomic mass is 32.1. The van der Waals surface area contributed by atoms with Crippen LogP contribution in [0.15, 0.2) is 45.6 Å². The number of rotatable bonds is 3. The molecule has 0 aliphatic carbocycles. The summed E-state index contributed by atoms with van der Waals surface area (Å²) in [5.41, 5.74) is 1.25. The third kappa shape index (κ3) is 2.28. The maximum atomic E-state index is 12.0. The molecule has 1 saturated heterocycles. The monoisotopic (exact) mass is 340 g/mol. The first-order valence-corrected chi connectivity index (χ1v) is 8.11. The molecule has 1 atom stereocenters. The molecule has 0 bridgehead atoms. The lowest BCUT2D eigenvalue weighted by atomic mass is 9.91. The SMILES string of the molecule is C[C@@]1(c2ccc(-c3noc(-c4ccsc4)n3)cc2)NC(=O)NC1=O. The molecule has 2 aromatic heterocycles. The normalized spacial score (nSPS) is 20.0. The second kappa shape index (κ2) is 5.27. The lowest BCUT2D eigenvalue weighted by molar-refractivity contribution is -0.123. The van der Waals surface area contributed by atoms with Gasteiger partial charge >= 0.3 is 6.03 Å². The topological polar surface area (TPSA) is 97.1 Å². The van der Waals surface area contributed by atoms with Crippen molar-refractivity contribution in [2.75, 3.05) is 0 Å². The van der Waals surface area contributed by atoms with Gasteiger partial charge in [0.2, 0.25) is 5.82 Å². The zero-order valence-electron chi connectivity index (χ0n) is 12.6. The summed E-state index contributed by atoms with van der Waals surface area (Å²) in [4.78, 5) is 27.7. The lowest BCUT2D eigenvalue weighted by Gasteiger charge is -2.20. The Kier molecular flexibility index (Phi) is 3.20. The zero-order valence-corrected chi connectivity index (χ0v) is 13.4. The number of nitrogens with zero attached hydrogens (tertiary/aromatic N) is 2. The van der Waals surface area contributed by atoms with Crippen LogP contribution >= 0.6 is 11.3 Å². The van der Waals surface area contributed by atoms with Gasteiger partial charge in [0.05, 0.1) is 5.56 Å². The third-order valence-corrected chi connectivity index (χ3v) is 4.64. The van der Waals surface area contributed by atoms with Crippen molar-refractivity contribution in [3.63, 3.8) is 0 Å². The number of amides is 3. The van der Waals surface area contributed by atoms with E-state index < -0.39 is 11.6 Å². The number of nitrogens with one attached hydrogen (secondary N) is 2. The number of urea groups is 1. The zero-order chi connectivity index (χ0) is 16.7. The van der Waals surface area contributed by atoms with Gasteiger partial charge in [0.15, 0.2) is 0 Å². The van der Waals surface area contributed by atoms with E-state index in [-0.39, 0.29) is 5.91 Å². The molecule has 4 rings (SSSR count). The predicted molar refractivity (Wildman–Crippen MR) is 87.1 cm³/mol. The van der Waals surface area contributed by atoms with E-state index in [9.17, 15) is 9.59 Å². The minimum Gasteiger partial charge on any atom is -0.334 e. The van der Waals surface area contributed by atoms with Crippen molar-refractivity contribution < 1.29 is 14.1 Å². The fraction of sp³-hybridized carbons (Fsp3) is 0.125. The molecule has 7 nitrogen and oxygen atoms in total. The van der Waals surface area contributed by atoms with Crippen LogP contribution < -0.4 is 10.6 Å². The molecule has 24 heavy (non-hydrogen) atoms. The van der Waals surface area contributed by atoms with Crippen LogP contribution in [0.4, 0.5) is 4.79 Å². The quantitative estimate of drug-likeness (QED) is 0.714. The Morgan fingerprint density at radius 3 is 2.54 bits per heavy atom. The summed E-state index contributed by atoms with van der Waals surface area (Å²) in [6.45, 7) is 1.66. The van der Waals surface area contributed by atoms with Gasteiger partial charge in [0, 0.05) is 10.9 Å². The number of benzene rings is 1. The molecule has 8 heteroatoms. The van der Waals surface area contributed by atoms with E-state index in [1.54, 1.807) is 42.5 Å². The Balaban J connectivity index is 1.63. The van der Waals surface area contributed by atoms with E-state index in [1.807, 2.05) is 16.8 Å². The first kappa shape index (κ1) is 14.6. The molecule has 1 aromatic carbocycles. The van der Waals surface area contributed by atoms with Gasteiger partial charge in [0.1, 0.15) is 5.54 Å². The van der Waals surface area contributed by atoms with Crippen molar-refractivity contribution in [1.82, 2.24) is 20.8 Å². The Hall–Kier alpha value is -3.00. The van der Waals surface area contributed by atoms with Crippen LogP contribution in [0.25, 0.3) is 22.8 Å². The second-order valence-corrected chi connectivity index (χ2v) is 6.33. The van der Waals surface area contributed by atoms with Crippen LogP contribution in [-0.4, -0.2) is 22.1 Å². The lowest BCUT2D eigenvalue weighted by Crippen LogP contribution is -2.40. The number of imide groups is 1. The molecule has 2 N–H and O–H groups in total. The van der Waals surface area contributed by atoms with E-state index >= 15 is 0 Å². The van der Waals surface area contributed by atoms with Gasteiger partial charge in [0.25, 0.3) is 11.8 Å². The molecular weight excluding hydrogens is 328 g/mol. The van der Waals surface area contributed by atoms with E-state index in [1.165, 1.54) is 0 Å².